The van der Waals surface area contributed by atoms with Crippen LogP contribution in [0.3, 0.4) is 0 Å². The van der Waals surface area contributed by atoms with Crippen molar-refractivity contribution in [3.63, 3.8) is 0 Å². The van der Waals surface area contributed by atoms with Gasteiger partial charge < -0.3 is 24.5 Å². The predicted molar refractivity (Wildman–Crippen MR) is 143 cm³/mol. The van der Waals surface area contributed by atoms with Gasteiger partial charge in [0, 0.05) is 20.1 Å². The molecule has 0 saturated carbocycles. The standard InChI is InChI=1S/C28H36N6O5/c1-6-14-31(5)24(36)21-22-25(37)34(18(3)16-35)23(28(22)13-12-27(21,4)39-28)26(38)32(15-7-2)17-33-20-11-9-8-10-19(20)29-30-33/h6-11,18,21-23,35H,1-2,12-17H2,3-5H3/t18-,21+,22+,23?,27-,28?/m1/s1. The van der Waals surface area contributed by atoms with Gasteiger partial charge in [-0.15, -0.1) is 18.3 Å². The average molecular weight is 537 g/mol. The van der Waals surface area contributed by atoms with E-state index in [1.54, 1.807) is 40.6 Å². The molecule has 11 nitrogen and oxygen atoms in total. The lowest BCUT2D eigenvalue weighted by atomic mass is 9.66. The molecule has 3 fully saturated rings. The van der Waals surface area contributed by atoms with Gasteiger partial charge in [-0.1, -0.05) is 29.5 Å². The second-order valence-electron chi connectivity index (χ2n) is 11.1. The summed E-state index contributed by atoms with van der Waals surface area (Å²) in [5.41, 5.74) is -0.610. The molecule has 1 spiro atoms. The lowest BCUT2D eigenvalue weighted by Crippen LogP contribution is -2.58. The Bertz CT molecular complexity index is 1330. The highest BCUT2D eigenvalue weighted by Gasteiger charge is 2.78. The number of aromatic nitrogens is 3. The van der Waals surface area contributed by atoms with Gasteiger partial charge in [0.25, 0.3) is 0 Å². The summed E-state index contributed by atoms with van der Waals surface area (Å²) >= 11 is 0. The minimum Gasteiger partial charge on any atom is -0.394 e. The maximum absolute atomic E-state index is 14.5. The molecular formula is C28H36N6O5. The van der Waals surface area contributed by atoms with E-state index in [-0.39, 0.29) is 37.5 Å². The first-order chi connectivity index (χ1) is 18.6. The quantitative estimate of drug-likeness (QED) is 0.453. The van der Waals surface area contributed by atoms with E-state index in [4.69, 9.17) is 4.74 Å². The number of carbonyl (C=O) groups is 3. The number of likely N-dealkylation sites (N-methyl/N-ethyl adjacent to an activating group) is 1. The normalized spacial score (nSPS) is 29.9. The smallest absolute Gasteiger partial charge is 0.250 e. The number of fused-ring (bicyclic) bond motifs is 2. The SMILES string of the molecule is C=CCN(C)C(=O)[C@@H]1[C@H]2C(=O)N([C@H](C)CO)C(C(=O)N(CC=C)Cn3nnc4ccccc43)C23CC[C@@]1(C)O3. The molecule has 4 heterocycles. The minimum absolute atomic E-state index is 0.0832. The topological polar surface area (TPSA) is 121 Å². The Morgan fingerprint density at radius 2 is 1.95 bits per heavy atom. The van der Waals surface area contributed by atoms with Crippen LogP contribution in [0.5, 0.6) is 0 Å². The molecule has 5 rings (SSSR count). The zero-order valence-electron chi connectivity index (χ0n) is 22.7. The van der Waals surface area contributed by atoms with E-state index in [1.807, 2.05) is 31.2 Å². The summed E-state index contributed by atoms with van der Waals surface area (Å²) < 4.78 is 8.30. The van der Waals surface area contributed by atoms with Gasteiger partial charge in [0.1, 0.15) is 23.8 Å². The van der Waals surface area contributed by atoms with Crippen molar-refractivity contribution in [3.8, 4) is 0 Å². The van der Waals surface area contributed by atoms with Gasteiger partial charge in [-0.25, -0.2) is 4.68 Å². The van der Waals surface area contributed by atoms with E-state index in [9.17, 15) is 19.5 Å². The number of aliphatic hydroxyl groups excluding tert-OH is 1. The van der Waals surface area contributed by atoms with Crippen molar-refractivity contribution in [2.24, 2.45) is 11.8 Å². The number of likely N-dealkylation sites (tertiary alicyclic amines) is 1. The number of hydrogen-bond acceptors (Lipinski definition) is 7. The lowest BCUT2D eigenvalue weighted by molar-refractivity contribution is -0.156. The molecule has 0 radical (unpaired) electrons. The van der Waals surface area contributed by atoms with Crippen molar-refractivity contribution < 1.29 is 24.2 Å². The van der Waals surface area contributed by atoms with Crippen LogP contribution in [0, 0.1) is 11.8 Å². The average Bonchev–Trinajstić information content (AvgIpc) is 3.63. The van der Waals surface area contributed by atoms with Crippen LogP contribution in [0.25, 0.3) is 11.0 Å². The Kier molecular flexibility index (Phi) is 6.84. The Hall–Kier alpha value is -3.57. The summed E-state index contributed by atoms with van der Waals surface area (Å²) in [6.07, 6.45) is 4.24. The molecule has 2 aromatic rings. The second kappa shape index (κ2) is 9.87. The van der Waals surface area contributed by atoms with Crippen LogP contribution in [-0.2, 0) is 25.8 Å². The monoisotopic (exact) mass is 536 g/mol. The van der Waals surface area contributed by atoms with E-state index in [1.165, 1.54) is 4.90 Å². The second-order valence-corrected chi connectivity index (χ2v) is 11.1. The van der Waals surface area contributed by atoms with Crippen LogP contribution < -0.4 is 0 Å². The Morgan fingerprint density at radius 1 is 1.23 bits per heavy atom. The fourth-order valence-corrected chi connectivity index (χ4v) is 6.83. The maximum atomic E-state index is 14.5. The molecule has 3 aliphatic rings. The van der Waals surface area contributed by atoms with Crippen molar-refractivity contribution >= 4 is 28.8 Å². The fourth-order valence-electron chi connectivity index (χ4n) is 6.83. The zero-order chi connectivity index (χ0) is 28.1. The number of para-hydroxylation sites is 1. The van der Waals surface area contributed by atoms with Crippen LogP contribution in [0.15, 0.2) is 49.6 Å². The number of carbonyl (C=O) groups excluding carboxylic acids is 3. The zero-order valence-corrected chi connectivity index (χ0v) is 22.7. The highest BCUT2D eigenvalue weighted by molar-refractivity contribution is 5.99. The van der Waals surface area contributed by atoms with Gasteiger partial charge in [0.05, 0.1) is 35.6 Å². The van der Waals surface area contributed by atoms with Crippen LogP contribution >= 0.6 is 0 Å². The first-order valence-electron chi connectivity index (χ1n) is 13.3. The predicted octanol–water partition coefficient (Wildman–Crippen LogP) is 1.19. The van der Waals surface area contributed by atoms with Crippen LogP contribution in [0.1, 0.15) is 26.7 Å². The third-order valence-corrected chi connectivity index (χ3v) is 8.62. The molecular weight excluding hydrogens is 500 g/mol. The van der Waals surface area contributed by atoms with Crippen LogP contribution in [-0.4, -0.2) is 103 Å². The van der Waals surface area contributed by atoms with E-state index >= 15 is 0 Å². The van der Waals surface area contributed by atoms with Gasteiger partial charge in [-0.3, -0.25) is 14.4 Å². The molecule has 3 aliphatic heterocycles. The van der Waals surface area contributed by atoms with Crippen molar-refractivity contribution in [1.29, 1.82) is 0 Å². The largest absolute Gasteiger partial charge is 0.394 e. The molecule has 1 aromatic heterocycles. The van der Waals surface area contributed by atoms with Gasteiger partial charge in [0.15, 0.2) is 0 Å². The fraction of sp³-hybridized carbons (Fsp3) is 0.536. The van der Waals surface area contributed by atoms with E-state index in [0.29, 0.717) is 24.9 Å². The van der Waals surface area contributed by atoms with Crippen molar-refractivity contribution in [2.75, 3.05) is 26.7 Å². The van der Waals surface area contributed by atoms with E-state index in [2.05, 4.69) is 23.5 Å². The summed E-state index contributed by atoms with van der Waals surface area (Å²) in [7, 11) is 1.68. The molecule has 1 aromatic carbocycles. The third kappa shape index (κ3) is 3.98. The number of rotatable bonds is 10. The van der Waals surface area contributed by atoms with Crippen LogP contribution in [0.4, 0.5) is 0 Å². The van der Waals surface area contributed by atoms with Crippen LogP contribution in [0.2, 0.25) is 0 Å². The molecule has 208 valence electrons. The molecule has 6 atom stereocenters. The number of benzene rings is 1. The van der Waals surface area contributed by atoms with Gasteiger partial charge in [-0.2, -0.15) is 0 Å². The van der Waals surface area contributed by atoms with E-state index in [0.717, 1.165) is 5.52 Å². The van der Waals surface area contributed by atoms with Crippen molar-refractivity contribution in [1.82, 2.24) is 29.7 Å². The molecule has 2 bridgehead atoms. The first kappa shape index (κ1) is 27.0. The van der Waals surface area contributed by atoms with E-state index < -0.39 is 35.1 Å². The summed E-state index contributed by atoms with van der Waals surface area (Å²) in [4.78, 5) is 46.8. The maximum Gasteiger partial charge on any atom is 0.250 e. The molecule has 0 aliphatic carbocycles. The number of nitrogens with zero attached hydrogens (tertiary/aromatic N) is 6. The Labute approximate surface area is 227 Å². The third-order valence-electron chi connectivity index (χ3n) is 8.62. The lowest BCUT2D eigenvalue weighted by Gasteiger charge is -2.38. The minimum atomic E-state index is -1.19. The summed E-state index contributed by atoms with van der Waals surface area (Å²) in [5.74, 6) is -2.48. The summed E-state index contributed by atoms with van der Waals surface area (Å²) in [6, 6.07) is 5.78. The number of ether oxygens (including phenoxy) is 1. The molecule has 1 N–H and O–H groups in total. The Balaban J connectivity index is 1.56. The molecule has 3 amide bonds. The molecule has 11 heteroatoms. The molecule has 39 heavy (non-hydrogen) atoms. The summed E-state index contributed by atoms with van der Waals surface area (Å²) in [5, 5.41) is 18.5. The first-order valence-corrected chi connectivity index (χ1v) is 13.3. The number of amides is 3. The van der Waals surface area contributed by atoms with Gasteiger partial charge in [-0.05, 0) is 38.8 Å². The highest BCUT2D eigenvalue weighted by Crippen LogP contribution is 2.63. The number of hydrogen-bond donors (Lipinski definition) is 1. The molecule has 3 saturated heterocycles. The number of aliphatic hydroxyl groups is 1. The van der Waals surface area contributed by atoms with Gasteiger partial charge >= 0.3 is 0 Å². The Morgan fingerprint density at radius 3 is 2.64 bits per heavy atom. The summed E-state index contributed by atoms with van der Waals surface area (Å²) in [6.45, 7) is 11.4. The van der Waals surface area contributed by atoms with Crippen molar-refractivity contribution in [3.05, 3.63) is 49.6 Å². The highest BCUT2D eigenvalue weighted by atomic mass is 16.5. The van der Waals surface area contributed by atoms with Gasteiger partial charge in [0.2, 0.25) is 17.7 Å². The molecule has 2 unspecified atom stereocenters. The van der Waals surface area contributed by atoms with Crippen molar-refractivity contribution in [2.45, 2.75) is 56.6 Å².